The second kappa shape index (κ2) is 13.9. The Morgan fingerprint density at radius 3 is 1.35 bits per heavy atom. The molecule has 0 nitrogen and oxygen atoms in total. The van der Waals surface area contributed by atoms with Gasteiger partial charge in [-0.15, -0.1) is 0 Å². The fourth-order valence-corrected chi connectivity index (χ4v) is 1.86. The maximum Gasteiger partial charge on any atom is 1.00 e. The van der Waals surface area contributed by atoms with Gasteiger partial charge in [-0.1, -0.05) is 77.5 Å². The number of hydrogen-bond acceptors (Lipinski definition) is 0. The Bertz CT molecular complexity index is 151. The summed E-state index contributed by atoms with van der Waals surface area (Å²) >= 11 is 0. The van der Waals surface area contributed by atoms with E-state index in [0.717, 1.165) is 19.3 Å². The van der Waals surface area contributed by atoms with Crippen LogP contribution in [0.4, 0.5) is 12.9 Å². The Morgan fingerprint density at radius 2 is 1.00 bits per heavy atom. The maximum atomic E-state index is 11.9. The van der Waals surface area contributed by atoms with Crippen LogP contribution in [-0.2, 0) is 0 Å². The quantitative estimate of drug-likeness (QED) is 0.402. The zero-order chi connectivity index (χ0) is 12.3. The number of hydrogen-bond donors (Lipinski definition) is 0. The molecular formula is C12H25BF3K. The average Bonchev–Trinajstić information content (AvgIpc) is 2.19. The molecule has 0 fully saturated rings. The van der Waals surface area contributed by atoms with Gasteiger partial charge in [0, 0.05) is 0 Å². The number of halogens is 3. The monoisotopic (exact) mass is 276 g/mol. The third-order valence-corrected chi connectivity index (χ3v) is 2.89. The van der Waals surface area contributed by atoms with E-state index in [1.165, 1.54) is 38.5 Å². The Morgan fingerprint density at radius 1 is 0.647 bits per heavy atom. The maximum absolute atomic E-state index is 11.9. The molecule has 17 heavy (non-hydrogen) atoms. The molecule has 0 saturated carbocycles. The molecule has 0 saturated heterocycles. The Kier molecular flexibility index (Phi) is 17.0. The third-order valence-electron chi connectivity index (χ3n) is 2.89. The fraction of sp³-hybridized carbons (Fsp3) is 1.00. The van der Waals surface area contributed by atoms with E-state index in [4.69, 9.17) is 0 Å². The first-order chi connectivity index (χ1) is 7.56. The fourth-order valence-electron chi connectivity index (χ4n) is 1.86. The molecule has 0 aromatic heterocycles. The summed E-state index contributed by atoms with van der Waals surface area (Å²) in [5, 5.41) is 0. The molecule has 0 heterocycles. The van der Waals surface area contributed by atoms with Crippen LogP contribution in [-0.4, -0.2) is 6.98 Å². The molecule has 5 heteroatoms. The predicted molar refractivity (Wildman–Crippen MR) is 65.7 cm³/mol. The molecule has 0 rings (SSSR count). The molecule has 0 spiro atoms. The average molecular weight is 276 g/mol. The molecule has 98 valence electrons. The molecule has 0 aliphatic carbocycles. The van der Waals surface area contributed by atoms with Gasteiger partial charge in [0.1, 0.15) is 0 Å². The first-order valence-electron chi connectivity index (χ1n) is 6.77. The second-order valence-electron chi connectivity index (χ2n) is 4.68. The molecule has 0 aliphatic heterocycles. The van der Waals surface area contributed by atoms with Crippen molar-refractivity contribution in [2.24, 2.45) is 0 Å². The molecule has 0 bridgehead atoms. The van der Waals surface area contributed by atoms with Crippen LogP contribution >= 0.6 is 0 Å². The minimum atomic E-state index is -4.54. The van der Waals surface area contributed by atoms with E-state index in [0.29, 0.717) is 6.42 Å². The van der Waals surface area contributed by atoms with Crippen LogP contribution in [0.5, 0.6) is 0 Å². The molecule has 0 N–H and O–H groups in total. The van der Waals surface area contributed by atoms with Gasteiger partial charge in [0.05, 0.1) is 0 Å². The zero-order valence-corrected chi connectivity index (χ0v) is 14.6. The van der Waals surface area contributed by atoms with E-state index in [9.17, 15) is 12.9 Å². The summed E-state index contributed by atoms with van der Waals surface area (Å²) in [4.78, 5) is 0. The summed E-state index contributed by atoms with van der Waals surface area (Å²) in [5.74, 6) is 0. The Balaban J connectivity index is 0. The van der Waals surface area contributed by atoms with E-state index >= 15 is 0 Å². The van der Waals surface area contributed by atoms with Gasteiger partial charge in [-0.05, 0) is 0 Å². The van der Waals surface area contributed by atoms with E-state index in [-0.39, 0.29) is 51.4 Å². The summed E-state index contributed by atoms with van der Waals surface area (Å²) in [6.45, 7) is -2.34. The minimum Gasteiger partial charge on any atom is -0.449 e. The Hall–Kier alpha value is 1.49. The van der Waals surface area contributed by atoms with Gasteiger partial charge >= 0.3 is 58.4 Å². The summed E-state index contributed by atoms with van der Waals surface area (Å²) in [6, 6.07) is 0. The molecule has 0 aliphatic rings. The van der Waals surface area contributed by atoms with Crippen LogP contribution in [0.25, 0.3) is 0 Å². The number of rotatable bonds is 11. The first kappa shape index (κ1) is 20.8. The number of unbranched alkanes of at least 4 members (excludes halogenated alkanes) is 9. The van der Waals surface area contributed by atoms with Gasteiger partial charge in [-0.25, -0.2) is 0 Å². The van der Waals surface area contributed by atoms with E-state index < -0.39 is 13.3 Å². The first-order valence-corrected chi connectivity index (χ1v) is 6.77. The molecule has 0 aromatic carbocycles. The topological polar surface area (TPSA) is 0 Å². The minimum absolute atomic E-state index is 0. The molecule has 0 amide bonds. The smallest absolute Gasteiger partial charge is 0.449 e. The molecule has 0 atom stereocenters. The largest absolute Gasteiger partial charge is 1.00 e. The van der Waals surface area contributed by atoms with Crippen molar-refractivity contribution in [2.45, 2.75) is 77.5 Å². The van der Waals surface area contributed by atoms with Gasteiger partial charge in [-0.2, -0.15) is 0 Å². The summed E-state index contributed by atoms with van der Waals surface area (Å²) in [6.07, 6.45) is 10.2. The molecule has 0 aromatic rings. The van der Waals surface area contributed by atoms with Crippen LogP contribution in [0.2, 0.25) is 6.32 Å². The normalized spacial score (nSPS) is 11.3. The van der Waals surface area contributed by atoms with Crippen LogP contribution in [0.3, 0.4) is 0 Å². The third kappa shape index (κ3) is 20.0. The van der Waals surface area contributed by atoms with Crippen molar-refractivity contribution in [3.05, 3.63) is 0 Å². The standard InChI is InChI=1S/C12H25BF3.K/c1-2-3-4-5-6-7-8-9-10-11-12-13(14,15)16;/h2-12H2,1H3;/q-1;+1. The van der Waals surface area contributed by atoms with Gasteiger partial charge < -0.3 is 12.9 Å². The van der Waals surface area contributed by atoms with Crippen molar-refractivity contribution in [1.82, 2.24) is 0 Å². The van der Waals surface area contributed by atoms with E-state index in [1.54, 1.807) is 0 Å². The van der Waals surface area contributed by atoms with Gasteiger partial charge in [0.15, 0.2) is 0 Å². The van der Waals surface area contributed by atoms with E-state index in [1.807, 2.05) is 0 Å². The van der Waals surface area contributed by atoms with Crippen LogP contribution < -0.4 is 51.4 Å². The van der Waals surface area contributed by atoms with Gasteiger partial charge in [0.2, 0.25) is 0 Å². The van der Waals surface area contributed by atoms with Gasteiger partial charge in [-0.3, -0.25) is 0 Å². The van der Waals surface area contributed by atoms with Crippen LogP contribution in [0.15, 0.2) is 0 Å². The van der Waals surface area contributed by atoms with Crippen molar-refractivity contribution >= 4 is 6.98 Å². The molecule has 0 radical (unpaired) electrons. The van der Waals surface area contributed by atoms with Crippen molar-refractivity contribution in [3.63, 3.8) is 0 Å². The van der Waals surface area contributed by atoms with Crippen molar-refractivity contribution in [1.29, 1.82) is 0 Å². The predicted octanol–water partition coefficient (Wildman–Crippen LogP) is 2.76. The summed E-state index contributed by atoms with van der Waals surface area (Å²) in [5.41, 5.74) is 0. The van der Waals surface area contributed by atoms with Crippen molar-refractivity contribution in [3.8, 4) is 0 Å². The molecular weight excluding hydrogens is 251 g/mol. The summed E-state index contributed by atoms with van der Waals surface area (Å²) < 4.78 is 35.6. The van der Waals surface area contributed by atoms with Crippen LogP contribution in [0.1, 0.15) is 71.1 Å². The second-order valence-corrected chi connectivity index (χ2v) is 4.68. The SMILES string of the molecule is CCCCCCCCCCCC[B-](F)(F)F.[K+]. The molecule has 0 unspecified atom stereocenters. The van der Waals surface area contributed by atoms with Crippen molar-refractivity contribution < 1.29 is 64.3 Å². The Labute approximate surface area is 147 Å². The summed E-state index contributed by atoms with van der Waals surface area (Å²) in [7, 11) is 0. The van der Waals surface area contributed by atoms with E-state index in [2.05, 4.69) is 6.92 Å². The zero-order valence-electron chi connectivity index (χ0n) is 11.5. The van der Waals surface area contributed by atoms with Gasteiger partial charge in [0.25, 0.3) is 0 Å². The van der Waals surface area contributed by atoms with Crippen LogP contribution in [0, 0.1) is 0 Å². The van der Waals surface area contributed by atoms with Crippen molar-refractivity contribution in [2.75, 3.05) is 0 Å².